The third-order valence-electron chi connectivity index (χ3n) is 4.49. The van der Waals surface area contributed by atoms with E-state index >= 15 is 0 Å². The van der Waals surface area contributed by atoms with Crippen LogP contribution in [0, 0.1) is 5.82 Å². The summed E-state index contributed by atoms with van der Waals surface area (Å²) in [5.74, 6) is -0.425. The van der Waals surface area contributed by atoms with Crippen molar-refractivity contribution in [1.82, 2.24) is 0 Å². The number of hydrogen-bond donors (Lipinski definition) is 0. The maximum Gasteiger partial charge on any atom is 0.414 e. The lowest BCUT2D eigenvalue weighted by Crippen LogP contribution is -2.37. The number of amides is 1. The van der Waals surface area contributed by atoms with E-state index in [9.17, 15) is 14.0 Å². The van der Waals surface area contributed by atoms with E-state index in [4.69, 9.17) is 9.47 Å². The lowest BCUT2D eigenvalue weighted by molar-refractivity contribution is -0.107. The van der Waals surface area contributed by atoms with Gasteiger partial charge in [0.25, 0.3) is 0 Å². The monoisotopic (exact) mass is 386 g/mol. The van der Waals surface area contributed by atoms with E-state index in [0.29, 0.717) is 37.7 Å². The Balaban J connectivity index is 1.73. The van der Waals surface area contributed by atoms with E-state index in [1.807, 2.05) is 35.2 Å². The molecular formula is C21H23FN2O4. The highest BCUT2D eigenvalue weighted by Gasteiger charge is 2.21. The molecule has 2 aromatic carbocycles. The molecule has 1 fully saturated rings. The Morgan fingerprint density at radius 1 is 1.18 bits per heavy atom. The number of morpholine rings is 1. The summed E-state index contributed by atoms with van der Waals surface area (Å²) < 4.78 is 25.3. The molecule has 0 saturated carbocycles. The number of hydrogen-bond acceptors (Lipinski definition) is 5. The van der Waals surface area contributed by atoms with E-state index in [-0.39, 0.29) is 19.6 Å². The van der Waals surface area contributed by atoms with Gasteiger partial charge in [0.05, 0.1) is 24.6 Å². The Bertz CT molecular complexity index is 794. The van der Waals surface area contributed by atoms with E-state index in [1.54, 1.807) is 12.1 Å². The molecule has 7 heteroatoms. The topological polar surface area (TPSA) is 59.1 Å². The number of rotatable bonds is 7. The second-order valence-electron chi connectivity index (χ2n) is 6.38. The maximum absolute atomic E-state index is 14.7. The number of carbonyl (C=O) groups is 2. The molecule has 0 atom stereocenters. The second kappa shape index (κ2) is 9.85. The van der Waals surface area contributed by atoms with E-state index < -0.39 is 11.9 Å². The SMILES string of the molecule is O=CCCN(C(=O)OCc1ccccc1)c1ccc(N2CCOCC2)c(F)c1. The van der Waals surface area contributed by atoms with Gasteiger partial charge in [0.1, 0.15) is 18.7 Å². The summed E-state index contributed by atoms with van der Waals surface area (Å²) in [6.45, 7) is 2.56. The van der Waals surface area contributed by atoms with Crippen molar-refractivity contribution < 1.29 is 23.5 Å². The summed E-state index contributed by atoms with van der Waals surface area (Å²) in [5.41, 5.74) is 1.68. The maximum atomic E-state index is 14.7. The van der Waals surface area contributed by atoms with Crippen molar-refractivity contribution in [3.63, 3.8) is 0 Å². The molecule has 1 aliphatic heterocycles. The van der Waals surface area contributed by atoms with Crippen LogP contribution < -0.4 is 9.80 Å². The molecule has 0 aliphatic carbocycles. The zero-order valence-electron chi connectivity index (χ0n) is 15.6. The van der Waals surface area contributed by atoms with Crippen molar-refractivity contribution >= 4 is 23.8 Å². The van der Waals surface area contributed by atoms with Crippen molar-refractivity contribution in [2.75, 3.05) is 42.6 Å². The standard InChI is InChI=1S/C21H23FN2O4/c22-19-15-18(7-8-20(19)23-10-13-27-14-11-23)24(9-4-12-25)21(26)28-16-17-5-2-1-3-6-17/h1-3,5-8,12,15H,4,9-11,13-14,16H2. The van der Waals surface area contributed by atoms with Crippen LogP contribution >= 0.6 is 0 Å². The van der Waals surface area contributed by atoms with Crippen molar-refractivity contribution in [2.24, 2.45) is 0 Å². The first kappa shape index (κ1) is 19.8. The van der Waals surface area contributed by atoms with Crippen LogP contribution in [0.2, 0.25) is 0 Å². The average Bonchev–Trinajstić information content (AvgIpc) is 2.74. The first-order valence-electron chi connectivity index (χ1n) is 9.23. The second-order valence-corrected chi connectivity index (χ2v) is 6.38. The largest absolute Gasteiger partial charge is 0.444 e. The summed E-state index contributed by atoms with van der Waals surface area (Å²) >= 11 is 0. The van der Waals surface area contributed by atoms with Gasteiger partial charge in [-0.2, -0.15) is 0 Å². The molecule has 0 aromatic heterocycles. The number of halogens is 1. The fourth-order valence-corrected chi connectivity index (χ4v) is 3.03. The third-order valence-corrected chi connectivity index (χ3v) is 4.49. The molecule has 0 bridgehead atoms. The van der Waals surface area contributed by atoms with E-state index in [0.717, 1.165) is 11.8 Å². The molecule has 1 aliphatic rings. The summed E-state index contributed by atoms with van der Waals surface area (Å²) in [7, 11) is 0. The van der Waals surface area contributed by atoms with Gasteiger partial charge in [-0.1, -0.05) is 30.3 Å². The van der Waals surface area contributed by atoms with Crippen LogP contribution in [0.4, 0.5) is 20.6 Å². The number of benzene rings is 2. The Kier molecular flexibility index (Phi) is 6.97. The smallest absolute Gasteiger partial charge is 0.414 e. The third kappa shape index (κ3) is 5.07. The Morgan fingerprint density at radius 3 is 2.61 bits per heavy atom. The Hall–Kier alpha value is -2.93. The van der Waals surface area contributed by atoms with Gasteiger partial charge < -0.3 is 19.2 Å². The van der Waals surface area contributed by atoms with Crippen LogP contribution in [0.15, 0.2) is 48.5 Å². The van der Waals surface area contributed by atoms with Gasteiger partial charge in [0.15, 0.2) is 0 Å². The lowest BCUT2D eigenvalue weighted by atomic mass is 10.2. The molecule has 0 spiro atoms. The van der Waals surface area contributed by atoms with Crippen molar-refractivity contribution in [1.29, 1.82) is 0 Å². The molecule has 2 aromatic rings. The van der Waals surface area contributed by atoms with Gasteiger partial charge in [-0.05, 0) is 23.8 Å². The average molecular weight is 386 g/mol. The first-order chi connectivity index (χ1) is 13.7. The molecule has 28 heavy (non-hydrogen) atoms. The number of carbonyl (C=O) groups excluding carboxylic acids is 2. The normalized spacial score (nSPS) is 13.8. The highest BCUT2D eigenvalue weighted by molar-refractivity contribution is 5.88. The fourth-order valence-electron chi connectivity index (χ4n) is 3.03. The van der Waals surface area contributed by atoms with Crippen molar-refractivity contribution in [2.45, 2.75) is 13.0 Å². The highest BCUT2D eigenvalue weighted by atomic mass is 19.1. The predicted molar refractivity (Wildman–Crippen MR) is 104 cm³/mol. The summed E-state index contributed by atoms with van der Waals surface area (Å²) in [6.07, 6.45) is 0.229. The van der Waals surface area contributed by atoms with Crippen molar-refractivity contribution in [3.05, 3.63) is 59.9 Å². The lowest BCUT2D eigenvalue weighted by Gasteiger charge is -2.30. The minimum Gasteiger partial charge on any atom is -0.444 e. The molecule has 148 valence electrons. The molecule has 0 unspecified atom stereocenters. The first-order valence-corrected chi connectivity index (χ1v) is 9.23. The van der Waals surface area contributed by atoms with Crippen LogP contribution in [0.1, 0.15) is 12.0 Å². The molecule has 0 radical (unpaired) electrons. The van der Waals surface area contributed by atoms with Crippen LogP contribution in [0.3, 0.4) is 0 Å². The summed E-state index contributed by atoms with van der Waals surface area (Å²) in [6, 6.07) is 13.9. The fraction of sp³-hybridized carbons (Fsp3) is 0.333. The van der Waals surface area contributed by atoms with Gasteiger partial charge in [-0.15, -0.1) is 0 Å². The Morgan fingerprint density at radius 2 is 1.93 bits per heavy atom. The summed E-state index contributed by atoms with van der Waals surface area (Å²) in [5, 5.41) is 0. The van der Waals surface area contributed by atoms with Gasteiger partial charge in [-0.3, -0.25) is 4.90 Å². The Labute approximate surface area is 163 Å². The van der Waals surface area contributed by atoms with Gasteiger partial charge >= 0.3 is 6.09 Å². The minimum atomic E-state index is -0.621. The number of nitrogens with zero attached hydrogens (tertiary/aromatic N) is 2. The van der Waals surface area contributed by atoms with Gasteiger partial charge in [-0.25, -0.2) is 9.18 Å². The molecule has 1 saturated heterocycles. The summed E-state index contributed by atoms with van der Waals surface area (Å²) in [4.78, 5) is 26.5. The van der Waals surface area contributed by atoms with Gasteiger partial charge in [0, 0.05) is 26.1 Å². The van der Waals surface area contributed by atoms with Crippen LogP contribution in [-0.2, 0) is 20.9 Å². The van der Waals surface area contributed by atoms with Crippen LogP contribution in [0.25, 0.3) is 0 Å². The van der Waals surface area contributed by atoms with Crippen molar-refractivity contribution in [3.8, 4) is 0 Å². The molecular weight excluding hydrogens is 363 g/mol. The zero-order valence-corrected chi connectivity index (χ0v) is 15.6. The van der Waals surface area contributed by atoms with E-state index in [2.05, 4.69) is 0 Å². The van der Waals surface area contributed by atoms with Crippen LogP contribution in [-0.4, -0.2) is 45.2 Å². The van der Waals surface area contributed by atoms with Gasteiger partial charge in [0.2, 0.25) is 0 Å². The zero-order chi connectivity index (χ0) is 19.8. The van der Waals surface area contributed by atoms with E-state index in [1.165, 1.54) is 11.0 Å². The predicted octanol–water partition coefficient (Wildman–Crippen LogP) is 3.39. The highest BCUT2D eigenvalue weighted by Crippen LogP contribution is 2.26. The molecule has 6 nitrogen and oxygen atoms in total. The minimum absolute atomic E-state index is 0.103. The number of ether oxygens (including phenoxy) is 2. The molecule has 1 heterocycles. The van der Waals surface area contributed by atoms with Crippen LogP contribution in [0.5, 0.6) is 0 Å². The molecule has 3 rings (SSSR count). The molecule has 1 amide bonds. The quantitative estimate of drug-likeness (QED) is 0.683. The molecule has 0 N–H and O–H groups in total. The number of aldehydes is 1. The number of anilines is 2.